The van der Waals surface area contributed by atoms with E-state index in [1.54, 1.807) is 18.7 Å². The van der Waals surface area contributed by atoms with Gasteiger partial charge in [0, 0.05) is 59.5 Å². The molecule has 0 N–H and O–H groups in total. The third-order valence-corrected chi connectivity index (χ3v) is 5.94. The first-order chi connectivity index (χ1) is 13.0. The van der Waals surface area contributed by atoms with Crippen molar-refractivity contribution in [2.45, 2.75) is 18.2 Å². The lowest BCUT2D eigenvalue weighted by atomic mass is 10.1. The number of benzene rings is 2. The lowest BCUT2D eigenvalue weighted by Gasteiger charge is -2.36. The zero-order valence-electron chi connectivity index (χ0n) is 15.4. The Hall–Kier alpha value is -1.98. The molecule has 0 atom stereocenters. The third kappa shape index (κ3) is 5.50. The maximum atomic E-state index is 12.4. The van der Waals surface area contributed by atoms with Gasteiger partial charge in [-0.1, -0.05) is 11.6 Å². The lowest BCUT2D eigenvalue weighted by Crippen LogP contribution is -2.48. The van der Waals surface area contributed by atoms with E-state index in [9.17, 15) is 9.59 Å². The number of carbonyl (C=O) groups is 2. The number of ketones is 1. The molecule has 1 amide bonds. The Morgan fingerprint density at radius 1 is 0.963 bits per heavy atom. The molecule has 1 aliphatic heterocycles. The Morgan fingerprint density at radius 3 is 2.19 bits per heavy atom. The average molecular weight is 403 g/mol. The molecule has 6 heteroatoms. The van der Waals surface area contributed by atoms with E-state index < -0.39 is 0 Å². The van der Waals surface area contributed by atoms with Crippen LogP contribution in [0.25, 0.3) is 0 Å². The van der Waals surface area contributed by atoms with Crippen LogP contribution in [-0.2, 0) is 4.79 Å². The number of nitrogens with zero attached hydrogens (tertiary/aromatic N) is 2. The number of rotatable bonds is 6. The van der Waals surface area contributed by atoms with Gasteiger partial charge in [0.15, 0.2) is 5.78 Å². The van der Waals surface area contributed by atoms with Crippen LogP contribution in [0.15, 0.2) is 53.4 Å². The molecule has 4 nitrogen and oxygen atoms in total. The molecule has 1 saturated heterocycles. The van der Waals surface area contributed by atoms with Gasteiger partial charge >= 0.3 is 0 Å². The maximum Gasteiger partial charge on any atom is 0.223 e. The quantitative estimate of drug-likeness (QED) is 0.531. The monoisotopic (exact) mass is 402 g/mol. The number of carbonyl (C=O) groups excluding carboxylic acids is 2. The molecule has 0 unspecified atom stereocenters. The first-order valence-corrected chi connectivity index (χ1v) is 10.4. The second kappa shape index (κ2) is 9.29. The van der Waals surface area contributed by atoms with Crippen LogP contribution in [-0.4, -0.2) is 48.5 Å². The van der Waals surface area contributed by atoms with Crippen molar-refractivity contribution in [1.82, 2.24) is 4.90 Å². The smallest absolute Gasteiger partial charge is 0.223 e. The van der Waals surface area contributed by atoms with Gasteiger partial charge in [0.1, 0.15) is 0 Å². The molecule has 2 aromatic carbocycles. The van der Waals surface area contributed by atoms with Gasteiger partial charge in [-0.15, -0.1) is 11.8 Å². The van der Waals surface area contributed by atoms with E-state index in [-0.39, 0.29) is 11.7 Å². The summed E-state index contributed by atoms with van der Waals surface area (Å²) in [6.45, 7) is 4.67. The SMILES string of the molecule is CC(=O)c1ccc(N2CCN(C(=O)CCSc3ccc(Cl)cc3)CC2)cc1. The summed E-state index contributed by atoms with van der Waals surface area (Å²) in [5.74, 6) is 1.06. The highest BCUT2D eigenvalue weighted by atomic mass is 35.5. The maximum absolute atomic E-state index is 12.4. The predicted octanol–water partition coefficient (Wildman–Crippen LogP) is 4.37. The van der Waals surface area contributed by atoms with E-state index in [1.165, 1.54) is 0 Å². The highest BCUT2D eigenvalue weighted by molar-refractivity contribution is 7.99. The van der Waals surface area contributed by atoms with Crippen LogP contribution in [0, 0.1) is 0 Å². The molecule has 0 aliphatic carbocycles. The molecule has 0 aromatic heterocycles. The van der Waals surface area contributed by atoms with Crippen molar-refractivity contribution in [3.8, 4) is 0 Å². The Kier molecular flexibility index (Phi) is 6.80. The van der Waals surface area contributed by atoms with E-state index in [4.69, 9.17) is 11.6 Å². The van der Waals surface area contributed by atoms with Gasteiger partial charge in [0.05, 0.1) is 0 Å². The van der Waals surface area contributed by atoms with Crippen LogP contribution in [0.2, 0.25) is 5.02 Å². The lowest BCUT2D eigenvalue weighted by molar-refractivity contribution is -0.131. The fourth-order valence-corrected chi connectivity index (χ4v) is 4.03. The summed E-state index contributed by atoms with van der Waals surface area (Å²) in [7, 11) is 0. The molecule has 3 rings (SSSR count). The van der Waals surface area contributed by atoms with Crippen LogP contribution in [0.4, 0.5) is 5.69 Å². The van der Waals surface area contributed by atoms with Gasteiger partial charge in [-0.25, -0.2) is 0 Å². The largest absolute Gasteiger partial charge is 0.368 e. The molecule has 27 heavy (non-hydrogen) atoms. The molecule has 142 valence electrons. The summed E-state index contributed by atoms with van der Waals surface area (Å²) in [4.78, 5) is 29.2. The van der Waals surface area contributed by atoms with Gasteiger partial charge in [0.25, 0.3) is 0 Å². The molecule has 1 aliphatic rings. The molecule has 1 fully saturated rings. The molecule has 1 heterocycles. The summed E-state index contributed by atoms with van der Waals surface area (Å²) in [6, 6.07) is 15.4. The first-order valence-electron chi connectivity index (χ1n) is 9.05. The van der Waals surface area contributed by atoms with E-state index >= 15 is 0 Å². The molecule has 0 saturated carbocycles. The normalized spacial score (nSPS) is 14.3. The Balaban J connectivity index is 1.43. The molecule has 0 spiro atoms. The molecule has 2 aromatic rings. The van der Waals surface area contributed by atoms with Crippen molar-refractivity contribution < 1.29 is 9.59 Å². The minimum Gasteiger partial charge on any atom is -0.368 e. The second-order valence-corrected chi connectivity index (χ2v) is 8.13. The van der Waals surface area contributed by atoms with Crippen LogP contribution in [0.1, 0.15) is 23.7 Å². The number of piperazine rings is 1. The molecular weight excluding hydrogens is 380 g/mol. The van der Waals surface area contributed by atoms with Gasteiger partial charge in [-0.3, -0.25) is 9.59 Å². The number of amides is 1. The minimum absolute atomic E-state index is 0.0773. The first kappa shape index (κ1) is 19.8. The summed E-state index contributed by atoms with van der Waals surface area (Å²) < 4.78 is 0. The van der Waals surface area contributed by atoms with E-state index in [0.29, 0.717) is 6.42 Å². The third-order valence-electron chi connectivity index (χ3n) is 4.67. The zero-order chi connectivity index (χ0) is 19.2. The summed E-state index contributed by atoms with van der Waals surface area (Å²) in [6.07, 6.45) is 0.542. The fourth-order valence-electron chi connectivity index (χ4n) is 3.07. The number of hydrogen-bond acceptors (Lipinski definition) is 4. The van der Waals surface area contributed by atoms with Crippen molar-refractivity contribution in [2.75, 3.05) is 36.8 Å². The van der Waals surface area contributed by atoms with Crippen LogP contribution >= 0.6 is 23.4 Å². The van der Waals surface area contributed by atoms with Crippen molar-refractivity contribution >= 4 is 40.7 Å². The Labute approximate surface area is 169 Å². The van der Waals surface area contributed by atoms with Crippen LogP contribution in [0.5, 0.6) is 0 Å². The fraction of sp³-hybridized carbons (Fsp3) is 0.333. The second-order valence-electron chi connectivity index (χ2n) is 6.52. The van der Waals surface area contributed by atoms with Crippen molar-refractivity contribution in [2.24, 2.45) is 0 Å². The molecule has 0 bridgehead atoms. The average Bonchev–Trinajstić information content (AvgIpc) is 2.69. The van der Waals surface area contributed by atoms with Gasteiger partial charge in [-0.05, 0) is 55.5 Å². The standard InChI is InChI=1S/C21H23ClN2O2S/c1-16(25)17-2-6-19(7-3-17)23-11-13-24(14-12-23)21(26)10-15-27-20-8-4-18(22)5-9-20/h2-9H,10-15H2,1H3. The van der Waals surface area contributed by atoms with Crippen molar-refractivity contribution in [1.29, 1.82) is 0 Å². The topological polar surface area (TPSA) is 40.6 Å². The predicted molar refractivity (Wildman–Crippen MR) is 112 cm³/mol. The number of thioether (sulfide) groups is 1. The minimum atomic E-state index is 0.0773. The van der Waals surface area contributed by atoms with E-state index in [0.717, 1.165) is 53.1 Å². The highest BCUT2D eigenvalue weighted by Crippen LogP contribution is 2.22. The van der Waals surface area contributed by atoms with Crippen LogP contribution in [0.3, 0.4) is 0 Å². The van der Waals surface area contributed by atoms with E-state index in [2.05, 4.69) is 4.90 Å². The van der Waals surface area contributed by atoms with Crippen molar-refractivity contribution in [3.63, 3.8) is 0 Å². The number of Topliss-reactive ketones (excluding diaryl/α,β-unsaturated/α-hetero) is 1. The van der Waals surface area contributed by atoms with Crippen LogP contribution < -0.4 is 4.90 Å². The summed E-state index contributed by atoms with van der Waals surface area (Å²) >= 11 is 7.56. The number of halogens is 1. The Bertz CT molecular complexity index is 785. The number of hydrogen-bond donors (Lipinski definition) is 0. The Morgan fingerprint density at radius 2 is 1.59 bits per heavy atom. The van der Waals surface area contributed by atoms with Gasteiger partial charge in [0.2, 0.25) is 5.91 Å². The zero-order valence-corrected chi connectivity index (χ0v) is 16.9. The summed E-state index contributed by atoms with van der Waals surface area (Å²) in [5, 5.41) is 0.726. The van der Waals surface area contributed by atoms with E-state index in [1.807, 2.05) is 53.4 Å². The summed E-state index contributed by atoms with van der Waals surface area (Å²) in [5.41, 5.74) is 1.83. The van der Waals surface area contributed by atoms with Gasteiger partial charge < -0.3 is 9.80 Å². The molecular formula is C21H23ClN2O2S. The highest BCUT2D eigenvalue weighted by Gasteiger charge is 2.21. The molecule has 0 radical (unpaired) electrons. The van der Waals surface area contributed by atoms with Crippen molar-refractivity contribution in [3.05, 3.63) is 59.1 Å². The number of anilines is 1. The van der Waals surface area contributed by atoms with Gasteiger partial charge in [-0.2, -0.15) is 0 Å².